The molecule has 0 fully saturated rings. The van der Waals surface area contributed by atoms with Crippen molar-refractivity contribution < 1.29 is 9.53 Å². The molecule has 0 unspecified atom stereocenters. The van der Waals surface area contributed by atoms with E-state index in [2.05, 4.69) is 20.7 Å². The van der Waals surface area contributed by atoms with E-state index in [4.69, 9.17) is 27.9 Å². The van der Waals surface area contributed by atoms with Gasteiger partial charge in [0, 0.05) is 11.3 Å². The number of halogens is 2. The molecule has 0 bridgehead atoms. The first kappa shape index (κ1) is 24.8. The van der Waals surface area contributed by atoms with E-state index in [-0.39, 0.29) is 11.7 Å². The number of hydrogen-bond donors (Lipinski definition) is 1. The number of amides is 1. The highest BCUT2D eigenvalue weighted by Crippen LogP contribution is 2.29. The maximum absolute atomic E-state index is 12.4. The van der Waals surface area contributed by atoms with Gasteiger partial charge in [-0.05, 0) is 48.9 Å². The fraction of sp³-hybridized carbons (Fsp3) is 0.120. The third kappa shape index (κ3) is 6.42. The minimum Gasteiger partial charge on any atom is -0.494 e. The van der Waals surface area contributed by atoms with Crippen LogP contribution in [0.5, 0.6) is 5.75 Å². The minimum atomic E-state index is -0.284. The van der Waals surface area contributed by atoms with Crippen LogP contribution in [-0.2, 0) is 4.79 Å². The van der Waals surface area contributed by atoms with Crippen LogP contribution < -0.4 is 10.2 Å². The number of hydrazone groups is 1. The fourth-order valence-electron chi connectivity index (χ4n) is 3.16. The summed E-state index contributed by atoms with van der Waals surface area (Å²) in [6.45, 7) is 2.53. The van der Waals surface area contributed by atoms with Gasteiger partial charge in [-0.2, -0.15) is 5.10 Å². The largest absolute Gasteiger partial charge is 0.494 e. The molecule has 10 heteroatoms. The van der Waals surface area contributed by atoms with Gasteiger partial charge in [-0.15, -0.1) is 10.2 Å². The summed E-state index contributed by atoms with van der Waals surface area (Å²) in [4.78, 5) is 12.4. The molecule has 0 radical (unpaired) electrons. The van der Waals surface area contributed by atoms with E-state index in [1.165, 1.54) is 18.0 Å². The molecule has 0 aliphatic carbocycles. The molecule has 1 amide bonds. The lowest BCUT2D eigenvalue weighted by Crippen LogP contribution is -2.20. The van der Waals surface area contributed by atoms with Crippen molar-refractivity contribution in [2.75, 3.05) is 12.4 Å². The Morgan fingerprint density at radius 3 is 2.54 bits per heavy atom. The van der Waals surface area contributed by atoms with E-state index in [9.17, 15) is 4.79 Å². The summed E-state index contributed by atoms with van der Waals surface area (Å²) < 4.78 is 7.48. The van der Waals surface area contributed by atoms with Crippen LogP contribution in [0.1, 0.15) is 12.5 Å². The highest BCUT2D eigenvalue weighted by molar-refractivity contribution is 7.99. The standard InChI is InChI=1S/C25H21Cl2N5O2S/c1-2-34-20-11-9-19(10-12-20)32-24(18-6-4-3-5-7-18)30-31-25(32)35-16-23(33)29-28-15-17-8-13-21(26)22(27)14-17/h3-15H,2,16H2,1H3,(H,29,33)/b28-15+. The smallest absolute Gasteiger partial charge is 0.250 e. The molecular formula is C25H21Cl2N5O2S. The van der Waals surface area contributed by atoms with Crippen LogP contribution in [0.3, 0.4) is 0 Å². The highest BCUT2D eigenvalue weighted by Gasteiger charge is 2.17. The first-order chi connectivity index (χ1) is 17.0. The third-order valence-electron chi connectivity index (χ3n) is 4.75. The molecule has 4 aromatic rings. The van der Waals surface area contributed by atoms with Crippen molar-refractivity contribution in [3.63, 3.8) is 0 Å². The zero-order chi connectivity index (χ0) is 24.6. The second kappa shape index (κ2) is 11.9. The number of carbonyl (C=O) groups is 1. The second-order valence-corrected chi connectivity index (χ2v) is 8.95. The van der Waals surface area contributed by atoms with Crippen molar-refractivity contribution in [3.05, 3.63) is 88.4 Å². The van der Waals surface area contributed by atoms with Gasteiger partial charge in [0.1, 0.15) is 5.75 Å². The Morgan fingerprint density at radius 1 is 1.06 bits per heavy atom. The van der Waals surface area contributed by atoms with Gasteiger partial charge in [-0.25, -0.2) is 5.43 Å². The Hall–Kier alpha value is -3.33. The number of carbonyl (C=O) groups excluding carboxylic acids is 1. The van der Waals surface area contributed by atoms with E-state index in [0.717, 1.165) is 22.6 Å². The quantitative estimate of drug-likeness (QED) is 0.167. The zero-order valence-corrected chi connectivity index (χ0v) is 21.0. The highest BCUT2D eigenvalue weighted by atomic mass is 35.5. The Labute approximate surface area is 217 Å². The maximum Gasteiger partial charge on any atom is 0.250 e. The number of ether oxygens (including phenoxy) is 1. The molecule has 35 heavy (non-hydrogen) atoms. The molecule has 1 heterocycles. The first-order valence-corrected chi connectivity index (χ1v) is 12.4. The van der Waals surface area contributed by atoms with Gasteiger partial charge in [0.15, 0.2) is 11.0 Å². The molecule has 1 N–H and O–H groups in total. The van der Waals surface area contributed by atoms with E-state index in [1.807, 2.05) is 66.1 Å². The predicted octanol–water partition coefficient (Wildman–Crippen LogP) is 5.88. The number of benzene rings is 3. The average molecular weight is 526 g/mol. The summed E-state index contributed by atoms with van der Waals surface area (Å²) in [5.41, 5.74) is 5.00. The van der Waals surface area contributed by atoms with Gasteiger partial charge in [-0.3, -0.25) is 9.36 Å². The molecular weight excluding hydrogens is 505 g/mol. The van der Waals surface area contributed by atoms with Crippen LogP contribution in [0, 0.1) is 0 Å². The predicted molar refractivity (Wildman–Crippen MR) is 141 cm³/mol. The molecule has 178 valence electrons. The van der Waals surface area contributed by atoms with Gasteiger partial charge in [0.05, 0.1) is 28.6 Å². The van der Waals surface area contributed by atoms with Crippen molar-refractivity contribution in [1.82, 2.24) is 20.2 Å². The third-order valence-corrected chi connectivity index (χ3v) is 6.42. The van der Waals surface area contributed by atoms with Crippen molar-refractivity contribution in [2.45, 2.75) is 12.1 Å². The second-order valence-electron chi connectivity index (χ2n) is 7.19. The van der Waals surface area contributed by atoms with Crippen LogP contribution in [0.2, 0.25) is 10.0 Å². The molecule has 0 saturated heterocycles. The number of nitrogens with one attached hydrogen (secondary N) is 1. The van der Waals surface area contributed by atoms with E-state index < -0.39 is 0 Å². The summed E-state index contributed by atoms with van der Waals surface area (Å²) in [5, 5.41) is 14.2. The molecule has 0 aliphatic heterocycles. The summed E-state index contributed by atoms with van der Waals surface area (Å²) >= 11 is 13.2. The lowest BCUT2D eigenvalue weighted by Gasteiger charge is -2.11. The molecule has 4 rings (SSSR count). The van der Waals surface area contributed by atoms with E-state index in [1.54, 1.807) is 18.2 Å². The van der Waals surface area contributed by atoms with Gasteiger partial charge < -0.3 is 4.74 Å². The van der Waals surface area contributed by atoms with Crippen LogP contribution in [0.15, 0.2) is 83.1 Å². The maximum atomic E-state index is 12.4. The van der Waals surface area contributed by atoms with Crippen LogP contribution in [0.25, 0.3) is 17.1 Å². The zero-order valence-electron chi connectivity index (χ0n) is 18.7. The minimum absolute atomic E-state index is 0.0999. The van der Waals surface area contributed by atoms with Gasteiger partial charge in [0.25, 0.3) is 5.91 Å². The lowest BCUT2D eigenvalue weighted by molar-refractivity contribution is -0.118. The number of hydrogen-bond acceptors (Lipinski definition) is 6. The Kier molecular flexibility index (Phi) is 8.41. The molecule has 0 spiro atoms. The van der Waals surface area contributed by atoms with Gasteiger partial charge >= 0.3 is 0 Å². The Morgan fingerprint density at radius 2 is 1.83 bits per heavy atom. The number of thioether (sulfide) groups is 1. The molecule has 7 nitrogen and oxygen atoms in total. The SMILES string of the molecule is CCOc1ccc(-n2c(SCC(=O)N/N=C/c3ccc(Cl)c(Cl)c3)nnc2-c2ccccc2)cc1. The van der Waals surface area contributed by atoms with Gasteiger partial charge in [-0.1, -0.05) is 71.4 Å². The molecule has 0 aliphatic rings. The molecule has 0 saturated carbocycles. The van der Waals surface area contributed by atoms with Crippen LogP contribution in [0.4, 0.5) is 0 Å². The van der Waals surface area contributed by atoms with Crippen molar-refractivity contribution in [1.29, 1.82) is 0 Å². The van der Waals surface area contributed by atoms with Crippen molar-refractivity contribution in [2.24, 2.45) is 5.10 Å². The molecule has 0 atom stereocenters. The Balaban J connectivity index is 1.50. The van der Waals surface area contributed by atoms with Gasteiger partial charge in [0.2, 0.25) is 0 Å². The molecule has 3 aromatic carbocycles. The summed E-state index contributed by atoms with van der Waals surface area (Å²) in [7, 11) is 0. The summed E-state index contributed by atoms with van der Waals surface area (Å²) in [6, 6.07) is 22.5. The first-order valence-electron chi connectivity index (χ1n) is 10.7. The fourth-order valence-corrected chi connectivity index (χ4v) is 4.21. The lowest BCUT2D eigenvalue weighted by atomic mass is 10.2. The number of aromatic nitrogens is 3. The topological polar surface area (TPSA) is 81.4 Å². The van der Waals surface area contributed by atoms with Crippen LogP contribution in [-0.4, -0.2) is 39.2 Å². The van der Waals surface area contributed by atoms with E-state index >= 15 is 0 Å². The molecule has 1 aromatic heterocycles. The van der Waals surface area contributed by atoms with Crippen LogP contribution >= 0.6 is 35.0 Å². The normalized spacial score (nSPS) is 11.1. The number of rotatable bonds is 9. The number of nitrogens with zero attached hydrogens (tertiary/aromatic N) is 4. The summed E-state index contributed by atoms with van der Waals surface area (Å²) in [5.74, 6) is 1.27. The van der Waals surface area contributed by atoms with Crippen molar-refractivity contribution in [3.8, 4) is 22.8 Å². The Bertz CT molecular complexity index is 1330. The van der Waals surface area contributed by atoms with E-state index in [0.29, 0.717) is 27.6 Å². The van der Waals surface area contributed by atoms with Crippen molar-refractivity contribution >= 4 is 47.1 Å². The summed E-state index contributed by atoms with van der Waals surface area (Å²) in [6.07, 6.45) is 1.50. The monoisotopic (exact) mass is 525 g/mol. The average Bonchev–Trinajstić information content (AvgIpc) is 3.30.